The summed E-state index contributed by atoms with van der Waals surface area (Å²) in [7, 11) is 1.97. The smallest absolute Gasteiger partial charge is 0.0920 e. The summed E-state index contributed by atoms with van der Waals surface area (Å²) in [6.07, 6.45) is 10.1. The molecule has 5 nitrogen and oxygen atoms in total. The maximum absolute atomic E-state index is 4.75. The predicted molar refractivity (Wildman–Crippen MR) is 103 cm³/mol. The molecule has 3 aromatic rings. The van der Waals surface area contributed by atoms with Crippen LogP contribution in [0.25, 0.3) is 11.3 Å². The molecule has 2 aromatic heterocycles. The molecule has 3 heterocycles. The van der Waals surface area contributed by atoms with Crippen molar-refractivity contribution in [1.82, 2.24) is 24.6 Å². The van der Waals surface area contributed by atoms with Crippen molar-refractivity contribution in [3.63, 3.8) is 0 Å². The molecule has 0 unspecified atom stereocenters. The van der Waals surface area contributed by atoms with Crippen molar-refractivity contribution in [2.75, 3.05) is 13.1 Å². The van der Waals surface area contributed by atoms with Crippen molar-refractivity contribution in [2.24, 2.45) is 7.05 Å². The molecule has 1 atom stereocenters. The quantitative estimate of drug-likeness (QED) is 0.724. The van der Waals surface area contributed by atoms with Crippen LogP contribution in [0, 0.1) is 6.92 Å². The van der Waals surface area contributed by atoms with E-state index in [0.29, 0.717) is 5.92 Å². The zero-order chi connectivity index (χ0) is 17.9. The van der Waals surface area contributed by atoms with E-state index in [1.807, 2.05) is 24.1 Å². The van der Waals surface area contributed by atoms with E-state index in [4.69, 9.17) is 4.98 Å². The van der Waals surface area contributed by atoms with Gasteiger partial charge in [0.15, 0.2) is 0 Å². The fourth-order valence-corrected chi connectivity index (χ4v) is 3.90. The van der Waals surface area contributed by atoms with Gasteiger partial charge in [0.05, 0.1) is 17.6 Å². The molecule has 1 fully saturated rings. The summed E-state index contributed by atoms with van der Waals surface area (Å²) in [5.74, 6) is 0.421. The predicted octanol–water partition coefficient (Wildman–Crippen LogP) is 3.57. The summed E-state index contributed by atoms with van der Waals surface area (Å²) < 4.78 is 1.87. The fraction of sp³-hybridized carbons (Fsp3) is 0.381. The molecule has 26 heavy (non-hydrogen) atoms. The Bertz CT molecular complexity index is 885. The van der Waals surface area contributed by atoms with Crippen LogP contribution in [-0.2, 0) is 13.6 Å². The molecule has 0 saturated carbocycles. The summed E-state index contributed by atoms with van der Waals surface area (Å²) in [5.41, 5.74) is 5.85. The Morgan fingerprint density at radius 1 is 1.19 bits per heavy atom. The van der Waals surface area contributed by atoms with Crippen molar-refractivity contribution in [3.8, 4) is 11.3 Å². The van der Waals surface area contributed by atoms with Crippen LogP contribution in [0.2, 0.25) is 0 Å². The number of likely N-dealkylation sites (tertiary alicyclic amines) is 1. The molecule has 1 aliphatic rings. The van der Waals surface area contributed by atoms with E-state index >= 15 is 0 Å². The Morgan fingerprint density at radius 2 is 2.08 bits per heavy atom. The van der Waals surface area contributed by atoms with Gasteiger partial charge in [0.25, 0.3) is 0 Å². The molecule has 0 amide bonds. The Kier molecular flexibility index (Phi) is 4.80. The number of aryl methyl sites for hydroxylation is 2. The fourth-order valence-electron chi connectivity index (χ4n) is 3.90. The summed E-state index contributed by atoms with van der Waals surface area (Å²) >= 11 is 0. The van der Waals surface area contributed by atoms with Crippen LogP contribution in [0.15, 0.2) is 49.1 Å². The molecule has 1 aliphatic heterocycles. The molecule has 134 valence electrons. The summed E-state index contributed by atoms with van der Waals surface area (Å²) in [5, 5.41) is 4.29. The van der Waals surface area contributed by atoms with Crippen molar-refractivity contribution in [3.05, 3.63) is 65.9 Å². The molecule has 1 saturated heterocycles. The largest absolute Gasteiger partial charge is 0.298 e. The highest BCUT2D eigenvalue weighted by atomic mass is 15.2. The number of rotatable bonds is 4. The Labute approximate surface area is 154 Å². The monoisotopic (exact) mass is 347 g/mol. The zero-order valence-corrected chi connectivity index (χ0v) is 15.5. The van der Waals surface area contributed by atoms with E-state index in [2.05, 4.69) is 52.4 Å². The molecular formula is C21H25N5. The first kappa shape index (κ1) is 16.9. The van der Waals surface area contributed by atoms with Crippen molar-refractivity contribution in [1.29, 1.82) is 0 Å². The lowest BCUT2D eigenvalue weighted by Gasteiger charge is -2.32. The Hall–Kier alpha value is -2.53. The van der Waals surface area contributed by atoms with E-state index in [0.717, 1.165) is 36.6 Å². The first-order valence-corrected chi connectivity index (χ1v) is 9.27. The molecule has 0 N–H and O–H groups in total. The zero-order valence-electron chi connectivity index (χ0n) is 15.5. The van der Waals surface area contributed by atoms with Gasteiger partial charge in [0.2, 0.25) is 0 Å². The molecule has 4 rings (SSSR count). The number of hydrogen-bond acceptors (Lipinski definition) is 4. The highest BCUT2D eigenvalue weighted by molar-refractivity contribution is 5.63. The second-order valence-corrected chi connectivity index (χ2v) is 7.26. The standard InChI is InChI=1S/C21H25N5/c1-16-5-3-6-18(11-16)20-21(23-9-8-22-20)19-7-4-10-26(15-19)14-17-12-24-25(2)13-17/h3,5-6,8-9,11-13,19H,4,7,10,14-15H2,1-2H3/t19-/m1/s1. The van der Waals surface area contributed by atoms with Crippen molar-refractivity contribution >= 4 is 0 Å². The van der Waals surface area contributed by atoms with E-state index in [1.54, 1.807) is 6.20 Å². The third-order valence-corrected chi connectivity index (χ3v) is 5.07. The van der Waals surface area contributed by atoms with Gasteiger partial charge in [0.1, 0.15) is 0 Å². The van der Waals surface area contributed by atoms with Crippen LogP contribution in [-0.4, -0.2) is 37.7 Å². The molecule has 1 aromatic carbocycles. The normalized spacial score (nSPS) is 18.2. The van der Waals surface area contributed by atoms with E-state index < -0.39 is 0 Å². The maximum Gasteiger partial charge on any atom is 0.0920 e. The average Bonchev–Trinajstić information content (AvgIpc) is 3.07. The average molecular weight is 347 g/mol. The topological polar surface area (TPSA) is 46.8 Å². The lowest BCUT2D eigenvalue weighted by atomic mass is 9.91. The van der Waals surface area contributed by atoms with Gasteiger partial charge in [-0.25, -0.2) is 0 Å². The summed E-state index contributed by atoms with van der Waals surface area (Å²) in [4.78, 5) is 11.9. The van der Waals surface area contributed by atoms with Crippen LogP contribution >= 0.6 is 0 Å². The highest BCUT2D eigenvalue weighted by Gasteiger charge is 2.25. The van der Waals surface area contributed by atoms with Crippen LogP contribution in [0.5, 0.6) is 0 Å². The van der Waals surface area contributed by atoms with Crippen LogP contribution < -0.4 is 0 Å². The van der Waals surface area contributed by atoms with Gasteiger partial charge in [-0.05, 0) is 32.4 Å². The number of hydrogen-bond donors (Lipinski definition) is 0. The molecule has 5 heteroatoms. The lowest BCUT2D eigenvalue weighted by Crippen LogP contribution is -2.34. The number of nitrogens with zero attached hydrogens (tertiary/aromatic N) is 5. The third-order valence-electron chi connectivity index (χ3n) is 5.07. The van der Waals surface area contributed by atoms with E-state index in [1.165, 1.54) is 24.0 Å². The van der Waals surface area contributed by atoms with Crippen molar-refractivity contribution in [2.45, 2.75) is 32.2 Å². The Balaban J connectivity index is 1.57. The van der Waals surface area contributed by atoms with E-state index in [9.17, 15) is 0 Å². The minimum atomic E-state index is 0.421. The van der Waals surface area contributed by atoms with Gasteiger partial charge in [-0.3, -0.25) is 19.5 Å². The maximum atomic E-state index is 4.75. The summed E-state index contributed by atoms with van der Waals surface area (Å²) in [6.45, 7) is 5.22. The number of piperidine rings is 1. The van der Waals surface area contributed by atoms with Crippen LogP contribution in [0.1, 0.15) is 35.6 Å². The second-order valence-electron chi connectivity index (χ2n) is 7.26. The summed E-state index contributed by atoms with van der Waals surface area (Å²) in [6, 6.07) is 8.55. The molecule has 0 radical (unpaired) electrons. The van der Waals surface area contributed by atoms with Gasteiger partial charge in [-0.2, -0.15) is 5.10 Å². The van der Waals surface area contributed by atoms with Gasteiger partial charge in [0, 0.05) is 55.8 Å². The number of aromatic nitrogens is 4. The SMILES string of the molecule is Cc1cccc(-c2nccnc2[C@@H]2CCCN(Cc3cnn(C)c3)C2)c1. The van der Waals surface area contributed by atoms with Crippen LogP contribution in [0.3, 0.4) is 0 Å². The van der Waals surface area contributed by atoms with Gasteiger partial charge < -0.3 is 0 Å². The van der Waals surface area contributed by atoms with Crippen molar-refractivity contribution < 1.29 is 0 Å². The van der Waals surface area contributed by atoms with E-state index in [-0.39, 0.29) is 0 Å². The van der Waals surface area contributed by atoms with Gasteiger partial charge >= 0.3 is 0 Å². The second kappa shape index (κ2) is 7.38. The lowest BCUT2D eigenvalue weighted by molar-refractivity contribution is 0.198. The van der Waals surface area contributed by atoms with Gasteiger partial charge in [-0.1, -0.05) is 23.8 Å². The highest BCUT2D eigenvalue weighted by Crippen LogP contribution is 2.32. The first-order chi connectivity index (χ1) is 12.7. The third kappa shape index (κ3) is 3.68. The molecule has 0 aliphatic carbocycles. The molecule has 0 bridgehead atoms. The first-order valence-electron chi connectivity index (χ1n) is 9.27. The minimum absolute atomic E-state index is 0.421. The molecule has 0 spiro atoms. The number of benzene rings is 1. The molecular weight excluding hydrogens is 322 g/mol. The Morgan fingerprint density at radius 3 is 2.88 bits per heavy atom. The minimum Gasteiger partial charge on any atom is -0.298 e. The van der Waals surface area contributed by atoms with Gasteiger partial charge in [-0.15, -0.1) is 0 Å². The van der Waals surface area contributed by atoms with Crippen LogP contribution in [0.4, 0.5) is 0 Å².